The zero-order chi connectivity index (χ0) is 14.5. The van der Waals surface area contributed by atoms with E-state index in [2.05, 4.69) is 15.5 Å². The lowest BCUT2D eigenvalue weighted by Gasteiger charge is -2.00. The van der Waals surface area contributed by atoms with Crippen molar-refractivity contribution in [3.8, 4) is 11.8 Å². The van der Waals surface area contributed by atoms with Crippen molar-refractivity contribution in [2.75, 3.05) is 5.32 Å². The number of nitrogens with zero attached hydrogens (tertiary/aromatic N) is 2. The van der Waals surface area contributed by atoms with E-state index >= 15 is 0 Å². The Balaban J connectivity index is 2.19. The maximum absolute atomic E-state index is 11.9. The number of aromatic hydroxyl groups is 1. The van der Waals surface area contributed by atoms with E-state index in [-0.39, 0.29) is 11.3 Å². The smallest absolute Gasteiger partial charge is 0.267 e. The molecule has 2 rings (SSSR count). The summed E-state index contributed by atoms with van der Waals surface area (Å²) in [5.74, 6) is -0.133. The third-order valence-electron chi connectivity index (χ3n) is 2.49. The van der Waals surface area contributed by atoms with Crippen molar-refractivity contribution < 1.29 is 9.90 Å². The molecule has 6 nitrogen and oxygen atoms in total. The van der Waals surface area contributed by atoms with Crippen molar-refractivity contribution in [3.63, 3.8) is 0 Å². The standard InChI is InChI=1S/C14H12N4O2/c1-9-5-13(18-17-9)16-14(20)11(8-15)6-10-3-2-4-12(19)7-10/h2-7,19H,1H3,(H2,16,17,18,20)/b11-6+. The molecule has 1 amide bonds. The van der Waals surface area contributed by atoms with Crippen LogP contribution in [0.4, 0.5) is 5.82 Å². The molecule has 0 aliphatic carbocycles. The van der Waals surface area contributed by atoms with Gasteiger partial charge in [-0.2, -0.15) is 10.4 Å². The molecule has 0 unspecified atom stereocenters. The number of carbonyl (C=O) groups is 1. The van der Waals surface area contributed by atoms with Crippen LogP contribution in [0, 0.1) is 18.3 Å². The number of hydrogen-bond acceptors (Lipinski definition) is 4. The fourth-order valence-electron chi connectivity index (χ4n) is 1.60. The van der Waals surface area contributed by atoms with Crippen molar-refractivity contribution in [1.82, 2.24) is 10.2 Å². The van der Waals surface area contributed by atoms with Crippen LogP contribution in [0.5, 0.6) is 5.75 Å². The van der Waals surface area contributed by atoms with Gasteiger partial charge in [-0.1, -0.05) is 12.1 Å². The van der Waals surface area contributed by atoms with Gasteiger partial charge in [0.05, 0.1) is 0 Å². The summed E-state index contributed by atoms with van der Waals surface area (Å²) in [5.41, 5.74) is 1.29. The summed E-state index contributed by atoms with van der Waals surface area (Å²) in [4.78, 5) is 11.9. The highest BCUT2D eigenvalue weighted by Crippen LogP contribution is 2.15. The van der Waals surface area contributed by atoms with Crippen LogP contribution in [0.15, 0.2) is 35.9 Å². The first-order valence-corrected chi connectivity index (χ1v) is 5.82. The van der Waals surface area contributed by atoms with Gasteiger partial charge in [-0.25, -0.2) is 0 Å². The molecule has 0 atom stereocenters. The number of aromatic nitrogens is 2. The normalized spacial score (nSPS) is 10.9. The topological polar surface area (TPSA) is 102 Å². The van der Waals surface area contributed by atoms with Crippen molar-refractivity contribution in [2.45, 2.75) is 6.92 Å². The highest BCUT2D eigenvalue weighted by atomic mass is 16.3. The summed E-state index contributed by atoms with van der Waals surface area (Å²) in [6, 6.07) is 9.77. The Bertz CT molecular complexity index is 710. The molecular weight excluding hydrogens is 256 g/mol. The van der Waals surface area contributed by atoms with Crippen LogP contribution in [0.1, 0.15) is 11.3 Å². The summed E-state index contributed by atoms with van der Waals surface area (Å²) in [6.07, 6.45) is 1.40. The van der Waals surface area contributed by atoms with Gasteiger partial charge in [0.15, 0.2) is 5.82 Å². The van der Waals surface area contributed by atoms with E-state index in [1.54, 1.807) is 25.1 Å². The van der Waals surface area contributed by atoms with Gasteiger partial charge in [0.25, 0.3) is 5.91 Å². The van der Waals surface area contributed by atoms with E-state index in [1.807, 2.05) is 6.07 Å². The summed E-state index contributed by atoms with van der Waals surface area (Å²) < 4.78 is 0. The number of phenols is 1. The van der Waals surface area contributed by atoms with Crippen molar-refractivity contribution >= 4 is 17.8 Å². The lowest BCUT2D eigenvalue weighted by atomic mass is 10.1. The van der Waals surface area contributed by atoms with Gasteiger partial charge in [-0.05, 0) is 30.7 Å². The average Bonchev–Trinajstić information content (AvgIpc) is 2.81. The van der Waals surface area contributed by atoms with Gasteiger partial charge < -0.3 is 10.4 Å². The number of anilines is 1. The Kier molecular flexibility index (Phi) is 3.82. The molecular formula is C14H12N4O2. The number of amides is 1. The molecule has 100 valence electrons. The van der Waals surface area contributed by atoms with E-state index in [0.29, 0.717) is 11.4 Å². The zero-order valence-corrected chi connectivity index (χ0v) is 10.7. The van der Waals surface area contributed by atoms with Crippen LogP contribution >= 0.6 is 0 Å². The molecule has 0 fully saturated rings. The van der Waals surface area contributed by atoms with E-state index in [1.165, 1.54) is 18.2 Å². The molecule has 20 heavy (non-hydrogen) atoms. The molecule has 0 aliphatic rings. The van der Waals surface area contributed by atoms with E-state index < -0.39 is 5.91 Å². The van der Waals surface area contributed by atoms with Gasteiger partial charge in [-0.15, -0.1) is 0 Å². The second kappa shape index (κ2) is 5.71. The SMILES string of the molecule is Cc1cc(NC(=O)/C(C#N)=C/c2cccc(O)c2)n[nH]1. The minimum Gasteiger partial charge on any atom is -0.508 e. The molecule has 0 spiro atoms. The Morgan fingerprint density at radius 2 is 2.30 bits per heavy atom. The van der Waals surface area contributed by atoms with Gasteiger partial charge in [0.2, 0.25) is 0 Å². The number of benzene rings is 1. The number of hydrogen-bond donors (Lipinski definition) is 3. The molecule has 0 saturated heterocycles. The fraction of sp³-hybridized carbons (Fsp3) is 0.0714. The first-order chi connectivity index (χ1) is 9.58. The van der Waals surface area contributed by atoms with Crippen LogP contribution in [0.25, 0.3) is 6.08 Å². The molecule has 0 bridgehead atoms. The first kappa shape index (κ1) is 13.4. The molecule has 6 heteroatoms. The second-order valence-electron chi connectivity index (χ2n) is 4.16. The number of phenolic OH excluding ortho intramolecular Hbond substituents is 1. The van der Waals surface area contributed by atoms with Crippen molar-refractivity contribution in [3.05, 3.63) is 47.2 Å². The van der Waals surface area contributed by atoms with Crippen LogP contribution in [-0.4, -0.2) is 21.2 Å². The minimum atomic E-state index is -0.553. The molecule has 2 aromatic rings. The van der Waals surface area contributed by atoms with E-state index in [0.717, 1.165) is 5.69 Å². The van der Waals surface area contributed by atoms with Crippen LogP contribution in [0.3, 0.4) is 0 Å². The van der Waals surface area contributed by atoms with E-state index in [9.17, 15) is 9.90 Å². The zero-order valence-electron chi connectivity index (χ0n) is 10.7. The Labute approximate surface area is 115 Å². The molecule has 0 radical (unpaired) electrons. The average molecular weight is 268 g/mol. The number of carbonyl (C=O) groups excluding carboxylic acids is 1. The Morgan fingerprint density at radius 3 is 2.90 bits per heavy atom. The minimum absolute atomic E-state index is 0.0689. The second-order valence-corrected chi connectivity index (χ2v) is 4.16. The molecule has 0 aliphatic heterocycles. The number of nitriles is 1. The molecule has 1 heterocycles. The summed E-state index contributed by atoms with van der Waals surface area (Å²) >= 11 is 0. The summed E-state index contributed by atoms with van der Waals surface area (Å²) in [7, 11) is 0. The van der Waals surface area contributed by atoms with E-state index in [4.69, 9.17) is 5.26 Å². The lowest BCUT2D eigenvalue weighted by Crippen LogP contribution is -2.13. The third-order valence-corrected chi connectivity index (χ3v) is 2.49. The van der Waals surface area contributed by atoms with Gasteiger partial charge in [0, 0.05) is 11.8 Å². The highest BCUT2D eigenvalue weighted by molar-refractivity contribution is 6.09. The summed E-state index contributed by atoms with van der Waals surface area (Å²) in [5, 5.41) is 27.5. The monoisotopic (exact) mass is 268 g/mol. The maximum atomic E-state index is 11.9. The number of rotatable bonds is 3. The largest absolute Gasteiger partial charge is 0.508 e. The quantitative estimate of drug-likeness (QED) is 0.585. The predicted octanol–water partition coefficient (Wildman–Crippen LogP) is 1.97. The summed E-state index contributed by atoms with van der Waals surface area (Å²) in [6.45, 7) is 1.80. The lowest BCUT2D eigenvalue weighted by molar-refractivity contribution is -0.112. The Morgan fingerprint density at radius 1 is 1.50 bits per heavy atom. The van der Waals surface area contributed by atoms with Crippen LogP contribution < -0.4 is 5.32 Å². The predicted molar refractivity (Wildman–Crippen MR) is 73.7 cm³/mol. The number of nitrogens with one attached hydrogen (secondary N) is 2. The number of aromatic amines is 1. The van der Waals surface area contributed by atoms with Gasteiger partial charge >= 0.3 is 0 Å². The maximum Gasteiger partial charge on any atom is 0.267 e. The highest BCUT2D eigenvalue weighted by Gasteiger charge is 2.11. The number of aryl methyl sites for hydroxylation is 1. The van der Waals surface area contributed by atoms with Gasteiger partial charge in [-0.3, -0.25) is 9.89 Å². The molecule has 1 aromatic carbocycles. The molecule has 3 N–H and O–H groups in total. The van der Waals surface area contributed by atoms with Gasteiger partial charge in [0.1, 0.15) is 17.4 Å². The number of H-pyrrole nitrogens is 1. The van der Waals surface area contributed by atoms with Crippen LogP contribution in [0.2, 0.25) is 0 Å². The third kappa shape index (κ3) is 3.23. The van der Waals surface area contributed by atoms with Crippen molar-refractivity contribution in [1.29, 1.82) is 5.26 Å². The fourth-order valence-corrected chi connectivity index (χ4v) is 1.60. The Hall–Kier alpha value is -3.07. The molecule has 0 saturated carbocycles. The van der Waals surface area contributed by atoms with Crippen LogP contribution in [-0.2, 0) is 4.79 Å². The first-order valence-electron chi connectivity index (χ1n) is 5.82. The van der Waals surface area contributed by atoms with Crippen molar-refractivity contribution in [2.24, 2.45) is 0 Å². The molecule has 1 aromatic heterocycles.